The van der Waals surface area contributed by atoms with Gasteiger partial charge in [0, 0.05) is 17.3 Å². The Balaban J connectivity index is 1.42. The van der Waals surface area contributed by atoms with Crippen LogP contribution in [-0.2, 0) is 0 Å². The third-order valence-corrected chi connectivity index (χ3v) is 6.06. The molecule has 2 N–H and O–H groups in total. The molecule has 0 aliphatic heterocycles. The zero-order valence-electron chi connectivity index (χ0n) is 16.2. The molecular formula is C21H19N5OS2. The maximum atomic E-state index is 12.4. The summed E-state index contributed by atoms with van der Waals surface area (Å²) in [5.74, 6) is 0.440. The molecule has 0 radical (unpaired) electrons. The molecule has 0 spiro atoms. The normalized spacial score (nSPS) is 10.7. The molecule has 0 aliphatic rings. The highest BCUT2D eigenvalue weighted by atomic mass is 32.1. The number of aromatic nitrogens is 3. The van der Waals surface area contributed by atoms with Crippen LogP contribution in [0.3, 0.4) is 0 Å². The maximum Gasteiger partial charge on any atom is 0.257 e. The van der Waals surface area contributed by atoms with Gasteiger partial charge in [0.05, 0.1) is 26.8 Å². The van der Waals surface area contributed by atoms with Gasteiger partial charge in [0.2, 0.25) is 0 Å². The Hall–Kier alpha value is -3.10. The van der Waals surface area contributed by atoms with E-state index < -0.39 is 0 Å². The number of benzene rings is 1. The Morgan fingerprint density at radius 2 is 1.79 bits per heavy atom. The van der Waals surface area contributed by atoms with Crippen LogP contribution in [0.4, 0.5) is 16.6 Å². The zero-order valence-corrected chi connectivity index (χ0v) is 17.8. The summed E-state index contributed by atoms with van der Waals surface area (Å²) < 4.78 is 0. The molecule has 0 unspecified atom stereocenters. The molecule has 8 heteroatoms. The van der Waals surface area contributed by atoms with Crippen LogP contribution in [0.25, 0.3) is 10.6 Å². The minimum absolute atomic E-state index is 0.194. The SMILES string of the molecule is Cc1ccc(NC(=O)c2ccc(Nc3nc(-c4sc(C)nc4C)cs3)nc2)cc1. The first-order valence-corrected chi connectivity index (χ1v) is 10.7. The predicted molar refractivity (Wildman–Crippen MR) is 119 cm³/mol. The number of hydrogen-bond acceptors (Lipinski definition) is 7. The summed E-state index contributed by atoms with van der Waals surface area (Å²) in [7, 11) is 0. The Kier molecular flexibility index (Phi) is 5.37. The van der Waals surface area contributed by atoms with Gasteiger partial charge in [-0.15, -0.1) is 22.7 Å². The van der Waals surface area contributed by atoms with Gasteiger partial charge in [-0.05, 0) is 45.0 Å². The number of thiazole rings is 2. The standard InChI is InChI=1S/C21H19N5OS2/c1-12-4-7-16(8-5-12)24-20(27)15-6-9-18(22-10-15)26-21-25-17(11-28-21)19-13(2)23-14(3)29-19/h4-11H,1-3H3,(H,24,27)(H,22,25,26). The third kappa shape index (κ3) is 4.49. The molecule has 3 heterocycles. The quantitative estimate of drug-likeness (QED) is 0.439. The number of nitrogens with zero attached hydrogens (tertiary/aromatic N) is 3. The number of carbonyl (C=O) groups is 1. The number of pyridine rings is 1. The highest BCUT2D eigenvalue weighted by molar-refractivity contribution is 7.16. The largest absolute Gasteiger partial charge is 0.322 e. The monoisotopic (exact) mass is 421 g/mol. The molecule has 1 amide bonds. The summed E-state index contributed by atoms with van der Waals surface area (Å²) in [6.45, 7) is 5.99. The number of aryl methyl sites for hydroxylation is 3. The summed E-state index contributed by atoms with van der Waals surface area (Å²) in [6.07, 6.45) is 1.55. The first-order valence-electron chi connectivity index (χ1n) is 8.99. The van der Waals surface area contributed by atoms with Crippen molar-refractivity contribution >= 4 is 45.2 Å². The van der Waals surface area contributed by atoms with Crippen molar-refractivity contribution in [3.8, 4) is 10.6 Å². The van der Waals surface area contributed by atoms with Crippen molar-refractivity contribution in [1.29, 1.82) is 0 Å². The second-order valence-electron chi connectivity index (χ2n) is 6.56. The van der Waals surface area contributed by atoms with Crippen LogP contribution >= 0.6 is 22.7 Å². The van der Waals surface area contributed by atoms with Crippen molar-refractivity contribution in [1.82, 2.24) is 15.0 Å². The van der Waals surface area contributed by atoms with Gasteiger partial charge in [0.15, 0.2) is 5.13 Å². The molecule has 3 aromatic heterocycles. The molecule has 4 rings (SSSR count). The lowest BCUT2D eigenvalue weighted by Crippen LogP contribution is -2.12. The van der Waals surface area contributed by atoms with Crippen LogP contribution in [0.2, 0.25) is 0 Å². The minimum atomic E-state index is -0.194. The molecule has 4 aromatic rings. The van der Waals surface area contributed by atoms with E-state index >= 15 is 0 Å². The zero-order chi connectivity index (χ0) is 20.4. The summed E-state index contributed by atoms with van der Waals surface area (Å²) in [5, 5.41) is 9.84. The fourth-order valence-corrected chi connectivity index (χ4v) is 4.42. The number of nitrogens with one attached hydrogen (secondary N) is 2. The topological polar surface area (TPSA) is 79.8 Å². The van der Waals surface area contributed by atoms with Crippen LogP contribution in [0.5, 0.6) is 0 Å². The van der Waals surface area contributed by atoms with Crippen LogP contribution in [0.1, 0.15) is 26.6 Å². The predicted octanol–water partition coefficient (Wildman–Crippen LogP) is 5.58. The summed E-state index contributed by atoms with van der Waals surface area (Å²) in [6, 6.07) is 11.2. The summed E-state index contributed by atoms with van der Waals surface area (Å²) in [4.78, 5) is 26.9. The lowest BCUT2D eigenvalue weighted by molar-refractivity contribution is 0.102. The third-order valence-electron chi connectivity index (χ3n) is 4.21. The minimum Gasteiger partial charge on any atom is -0.322 e. The first kappa shape index (κ1) is 19.2. The molecule has 0 fully saturated rings. The number of carbonyl (C=O) groups excluding carboxylic acids is 1. The number of amides is 1. The van der Waals surface area contributed by atoms with Crippen LogP contribution < -0.4 is 10.6 Å². The van der Waals surface area contributed by atoms with Crippen LogP contribution in [0.15, 0.2) is 48.0 Å². The molecule has 0 bridgehead atoms. The van der Waals surface area contributed by atoms with E-state index in [4.69, 9.17) is 0 Å². The van der Waals surface area contributed by atoms with E-state index in [1.165, 1.54) is 11.3 Å². The van der Waals surface area contributed by atoms with Crippen molar-refractivity contribution in [3.63, 3.8) is 0 Å². The summed E-state index contributed by atoms with van der Waals surface area (Å²) in [5.41, 5.74) is 4.30. The van der Waals surface area contributed by atoms with E-state index in [-0.39, 0.29) is 5.91 Å². The molecule has 146 valence electrons. The highest BCUT2D eigenvalue weighted by Crippen LogP contribution is 2.32. The second-order valence-corrected chi connectivity index (χ2v) is 8.62. The van der Waals surface area contributed by atoms with Gasteiger partial charge >= 0.3 is 0 Å². The fourth-order valence-electron chi connectivity index (χ4n) is 2.76. The Labute approximate surface area is 176 Å². The molecule has 0 saturated heterocycles. The van der Waals surface area contributed by atoms with Crippen LogP contribution in [-0.4, -0.2) is 20.9 Å². The fraction of sp³-hybridized carbons (Fsp3) is 0.143. The maximum absolute atomic E-state index is 12.4. The lowest BCUT2D eigenvalue weighted by atomic mass is 10.2. The van der Waals surface area contributed by atoms with Crippen molar-refractivity contribution < 1.29 is 4.79 Å². The highest BCUT2D eigenvalue weighted by Gasteiger charge is 2.12. The van der Waals surface area contributed by atoms with Gasteiger partial charge < -0.3 is 10.6 Å². The van der Waals surface area contributed by atoms with Crippen molar-refractivity contribution in [2.24, 2.45) is 0 Å². The van der Waals surface area contributed by atoms with E-state index in [0.717, 1.165) is 37.7 Å². The van der Waals surface area contributed by atoms with E-state index in [9.17, 15) is 4.79 Å². The number of anilines is 3. The van der Waals surface area contributed by atoms with E-state index in [2.05, 4.69) is 25.6 Å². The van der Waals surface area contributed by atoms with Gasteiger partial charge in [-0.3, -0.25) is 4.79 Å². The van der Waals surface area contributed by atoms with E-state index in [0.29, 0.717) is 11.4 Å². The molecule has 29 heavy (non-hydrogen) atoms. The second kappa shape index (κ2) is 8.10. The number of hydrogen-bond donors (Lipinski definition) is 2. The summed E-state index contributed by atoms with van der Waals surface area (Å²) >= 11 is 3.15. The molecule has 6 nitrogen and oxygen atoms in total. The van der Waals surface area contributed by atoms with Crippen molar-refractivity contribution in [2.45, 2.75) is 20.8 Å². The van der Waals surface area contributed by atoms with Crippen LogP contribution in [0, 0.1) is 20.8 Å². The Morgan fingerprint density at radius 1 is 1.00 bits per heavy atom. The molecule has 0 atom stereocenters. The number of rotatable bonds is 5. The van der Waals surface area contributed by atoms with Crippen molar-refractivity contribution in [3.05, 3.63) is 69.8 Å². The van der Waals surface area contributed by atoms with Gasteiger partial charge in [-0.2, -0.15) is 0 Å². The van der Waals surface area contributed by atoms with E-state index in [1.54, 1.807) is 29.7 Å². The van der Waals surface area contributed by atoms with Gasteiger partial charge in [0.1, 0.15) is 5.82 Å². The average Bonchev–Trinajstić information content (AvgIpc) is 3.29. The van der Waals surface area contributed by atoms with Crippen molar-refractivity contribution in [2.75, 3.05) is 10.6 Å². The molecule has 1 aromatic carbocycles. The smallest absolute Gasteiger partial charge is 0.257 e. The molecule has 0 aliphatic carbocycles. The molecular weight excluding hydrogens is 402 g/mol. The average molecular weight is 422 g/mol. The van der Waals surface area contributed by atoms with Gasteiger partial charge in [-0.25, -0.2) is 15.0 Å². The van der Waals surface area contributed by atoms with Gasteiger partial charge in [0.25, 0.3) is 5.91 Å². The van der Waals surface area contributed by atoms with E-state index in [1.807, 2.05) is 50.4 Å². The molecule has 0 saturated carbocycles. The Bertz CT molecular complexity index is 1150. The lowest BCUT2D eigenvalue weighted by Gasteiger charge is -2.06. The van der Waals surface area contributed by atoms with Gasteiger partial charge in [-0.1, -0.05) is 17.7 Å². The first-order chi connectivity index (χ1) is 14.0. The Morgan fingerprint density at radius 3 is 2.45 bits per heavy atom.